The second-order valence-electron chi connectivity index (χ2n) is 2.93. The van der Waals surface area contributed by atoms with Gasteiger partial charge in [0.15, 0.2) is 0 Å². The molecular weight excluding hydrogens is 164 g/mol. The van der Waals surface area contributed by atoms with E-state index in [-0.39, 0.29) is 5.91 Å². The highest BCUT2D eigenvalue weighted by molar-refractivity contribution is 5.94. The van der Waals surface area contributed by atoms with Crippen LogP contribution in [0.25, 0.3) is 6.08 Å². The molecule has 1 aliphatic rings. The van der Waals surface area contributed by atoms with Gasteiger partial charge in [-0.15, -0.1) is 0 Å². The second kappa shape index (κ2) is 2.94. The van der Waals surface area contributed by atoms with Crippen molar-refractivity contribution in [2.45, 2.75) is 0 Å². The summed E-state index contributed by atoms with van der Waals surface area (Å²) in [5.41, 5.74) is 1.91. The molecule has 0 saturated carbocycles. The second-order valence-corrected chi connectivity index (χ2v) is 2.93. The SMILES string of the molecule is CN1C(=O)C=C/C1=C/c1ccc[nH]1. The summed E-state index contributed by atoms with van der Waals surface area (Å²) in [7, 11) is 1.76. The summed E-state index contributed by atoms with van der Waals surface area (Å²) in [5.74, 6) is 0.0257. The summed E-state index contributed by atoms with van der Waals surface area (Å²) < 4.78 is 0. The molecule has 1 aromatic heterocycles. The molecule has 0 atom stereocenters. The van der Waals surface area contributed by atoms with Crippen molar-refractivity contribution in [3.8, 4) is 0 Å². The zero-order valence-corrected chi connectivity index (χ0v) is 7.32. The molecule has 0 saturated heterocycles. The van der Waals surface area contributed by atoms with Crippen LogP contribution in [0.4, 0.5) is 0 Å². The van der Waals surface area contributed by atoms with Crippen molar-refractivity contribution in [1.29, 1.82) is 0 Å². The van der Waals surface area contributed by atoms with E-state index in [9.17, 15) is 4.79 Å². The molecule has 1 aromatic rings. The topological polar surface area (TPSA) is 36.1 Å². The number of H-pyrrole nitrogens is 1. The molecule has 0 aliphatic carbocycles. The van der Waals surface area contributed by atoms with Crippen LogP contribution in [0, 0.1) is 0 Å². The van der Waals surface area contributed by atoms with E-state index in [4.69, 9.17) is 0 Å². The van der Waals surface area contributed by atoms with Gasteiger partial charge >= 0.3 is 0 Å². The molecule has 0 aromatic carbocycles. The number of aromatic amines is 1. The molecule has 0 fully saturated rings. The highest BCUT2D eigenvalue weighted by Gasteiger charge is 2.14. The Kier molecular flexibility index (Phi) is 1.77. The van der Waals surface area contributed by atoms with Gasteiger partial charge in [0.1, 0.15) is 0 Å². The predicted octanol–water partition coefficient (Wildman–Crippen LogP) is 1.38. The Bertz CT molecular complexity index is 374. The maximum Gasteiger partial charge on any atom is 0.250 e. The minimum Gasteiger partial charge on any atom is -0.362 e. The van der Waals surface area contributed by atoms with Crippen LogP contribution in [-0.4, -0.2) is 22.8 Å². The van der Waals surface area contributed by atoms with Crippen LogP contribution in [0.2, 0.25) is 0 Å². The van der Waals surface area contributed by atoms with Crippen LogP contribution < -0.4 is 0 Å². The number of allylic oxidation sites excluding steroid dienone is 1. The Morgan fingerprint density at radius 1 is 1.46 bits per heavy atom. The van der Waals surface area contributed by atoms with E-state index < -0.39 is 0 Å². The largest absolute Gasteiger partial charge is 0.362 e. The maximum absolute atomic E-state index is 11.1. The third kappa shape index (κ3) is 1.40. The summed E-state index contributed by atoms with van der Waals surface area (Å²) in [6.07, 6.45) is 7.16. The molecular formula is C10H10N2O. The first-order valence-electron chi connectivity index (χ1n) is 4.08. The smallest absolute Gasteiger partial charge is 0.250 e. The van der Waals surface area contributed by atoms with Gasteiger partial charge in [-0.3, -0.25) is 4.79 Å². The third-order valence-corrected chi connectivity index (χ3v) is 2.04. The summed E-state index contributed by atoms with van der Waals surface area (Å²) in [5, 5.41) is 0. The van der Waals surface area contributed by atoms with Gasteiger partial charge in [-0.25, -0.2) is 0 Å². The lowest BCUT2D eigenvalue weighted by Gasteiger charge is -2.09. The minimum absolute atomic E-state index is 0.0257. The molecule has 66 valence electrons. The average Bonchev–Trinajstić information content (AvgIpc) is 2.71. The van der Waals surface area contributed by atoms with Crippen LogP contribution in [-0.2, 0) is 4.79 Å². The van der Waals surface area contributed by atoms with Gasteiger partial charge < -0.3 is 9.88 Å². The molecule has 2 heterocycles. The lowest BCUT2D eigenvalue weighted by Crippen LogP contribution is -2.17. The average molecular weight is 174 g/mol. The number of likely N-dealkylation sites (N-methyl/N-ethyl adjacent to an activating group) is 1. The van der Waals surface area contributed by atoms with Gasteiger partial charge in [-0.05, 0) is 24.3 Å². The normalized spacial score (nSPS) is 19.0. The Labute approximate surface area is 76.4 Å². The van der Waals surface area contributed by atoms with Crippen molar-refractivity contribution in [1.82, 2.24) is 9.88 Å². The van der Waals surface area contributed by atoms with Gasteiger partial charge in [0, 0.05) is 30.7 Å². The minimum atomic E-state index is 0.0257. The molecule has 0 spiro atoms. The number of hydrogen-bond acceptors (Lipinski definition) is 1. The summed E-state index contributed by atoms with van der Waals surface area (Å²) in [6.45, 7) is 0. The number of carbonyl (C=O) groups excluding carboxylic acids is 1. The Balaban J connectivity index is 2.28. The van der Waals surface area contributed by atoms with Crippen LogP contribution in [0.15, 0.2) is 36.2 Å². The fourth-order valence-electron chi connectivity index (χ4n) is 1.25. The van der Waals surface area contributed by atoms with Gasteiger partial charge in [0.25, 0.3) is 5.91 Å². The molecule has 3 nitrogen and oxygen atoms in total. The van der Waals surface area contributed by atoms with Crippen molar-refractivity contribution < 1.29 is 4.79 Å². The number of carbonyl (C=O) groups is 1. The first kappa shape index (κ1) is 7.86. The highest BCUT2D eigenvalue weighted by atomic mass is 16.2. The number of nitrogens with one attached hydrogen (secondary N) is 1. The fraction of sp³-hybridized carbons (Fsp3) is 0.100. The van der Waals surface area contributed by atoms with Gasteiger partial charge in [-0.2, -0.15) is 0 Å². The van der Waals surface area contributed by atoms with Crippen molar-refractivity contribution in [3.63, 3.8) is 0 Å². The van der Waals surface area contributed by atoms with Crippen molar-refractivity contribution >= 4 is 12.0 Å². The molecule has 3 heteroatoms. The molecule has 0 radical (unpaired) electrons. The number of hydrogen-bond donors (Lipinski definition) is 1. The third-order valence-electron chi connectivity index (χ3n) is 2.04. The number of rotatable bonds is 1. The lowest BCUT2D eigenvalue weighted by atomic mass is 10.3. The number of aromatic nitrogens is 1. The Hall–Kier alpha value is -1.77. The lowest BCUT2D eigenvalue weighted by molar-refractivity contribution is -0.122. The molecule has 1 aliphatic heterocycles. The number of amides is 1. The van der Waals surface area contributed by atoms with E-state index in [1.165, 1.54) is 0 Å². The zero-order chi connectivity index (χ0) is 9.26. The van der Waals surface area contributed by atoms with Gasteiger partial charge in [0.2, 0.25) is 0 Å². The summed E-state index contributed by atoms with van der Waals surface area (Å²) in [6, 6.07) is 3.88. The van der Waals surface area contributed by atoms with Gasteiger partial charge in [0.05, 0.1) is 0 Å². The van der Waals surface area contributed by atoms with E-state index >= 15 is 0 Å². The molecule has 1 amide bonds. The zero-order valence-electron chi connectivity index (χ0n) is 7.32. The summed E-state index contributed by atoms with van der Waals surface area (Å²) >= 11 is 0. The standard InChI is InChI=1S/C10H10N2O/c1-12-9(4-5-10(12)13)7-8-3-2-6-11-8/h2-7,11H,1H3/b9-7-. The van der Waals surface area contributed by atoms with E-state index in [0.717, 1.165) is 11.4 Å². The van der Waals surface area contributed by atoms with Crippen molar-refractivity contribution in [2.75, 3.05) is 7.05 Å². The van der Waals surface area contributed by atoms with E-state index in [0.29, 0.717) is 0 Å². The van der Waals surface area contributed by atoms with Crippen molar-refractivity contribution in [3.05, 3.63) is 41.9 Å². The Morgan fingerprint density at radius 3 is 2.85 bits per heavy atom. The van der Waals surface area contributed by atoms with Crippen molar-refractivity contribution in [2.24, 2.45) is 0 Å². The first-order valence-corrected chi connectivity index (χ1v) is 4.08. The monoisotopic (exact) mass is 174 g/mol. The highest BCUT2D eigenvalue weighted by Crippen LogP contribution is 2.15. The first-order chi connectivity index (χ1) is 6.27. The van der Waals surface area contributed by atoms with E-state index in [1.54, 1.807) is 18.0 Å². The molecule has 13 heavy (non-hydrogen) atoms. The quantitative estimate of drug-likeness (QED) is 0.686. The van der Waals surface area contributed by atoms with Crippen LogP contribution in [0.5, 0.6) is 0 Å². The Morgan fingerprint density at radius 2 is 2.31 bits per heavy atom. The fourth-order valence-corrected chi connectivity index (χ4v) is 1.25. The molecule has 0 bridgehead atoms. The molecule has 0 unspecified atom stereocenters. The molecule has 1 N–H and O–H groups in total. The van der Waals surface area contributed by atoms with Crippen LogP contribution >= 0.6 is 0 Å². The van der Waals surface area contributed by atoms with E-state index in [1.807, 2.05) is 30.5 Å². The van der Waals surface area contributed by atoms with E-state index in [2.05, 4.69) is 4.98 Å². The van der Waals surface area contributed by atoms with Crippen LogP contribution in [0.3, 0.4) is 0 Å². The molecule has 2 rings (SSSR count). The maximum atomic E-state index is 11.1. The predicted molar refractivity (Wildman–Crippen MR) is 50.7 cm³/mol. The van der Waals surface area contributed by atoms with Crippen LogP contribution in [0.1, 0.15) is 5.69 Å². The number of nitrogens with zero attached hydrogens (tertiary/aromatic N) is 1. The van der Waals surface area contributed by atoms with Gasteiger partial charge in [-0.1, -0.05) is 0 Å². The summed E-state index contributed by atoms with van der Waals surface area (Å²) in [4.78, 5) is 15.8.